The molecule has 0 unspecified atom stereocenters. The molecule has 7 heteroatoms. The molecule has 86 valence electrons. The third-order valence-corrected chi connectivity index (χ3v) is 2.26. The van der Waals surface area contributed by atoms with Crippen molar-refractivity contribution in [2.75, 3.05) is 0 Å². The second-order valence-corrected chi connectivity index (χ2v) is 3.39. The lowest BCUT2D eigenvalue weighted by molar-refractivity contribution is 0.619. The lowest BCUT2D eigenvalue weighted by Gasteiger charge is -2.03. The number of benzene rings is 1. The molecule has 1 rings (SSSR count). The van der Waals surface area contributed by atoms with E-state index < -0.39 is 5.82 Å². The molecule has 0 aliphatic heterocycles. The quantitative estimate of drug-likeness (QED) is 0.506. The van der Waals surface area contributed by atoms with Crippen molar-refractivity contribution in [1.29, 1.82) is 0 Å². The van der Waals surface area contributed by atoms with E-state index in [-0.39, 0.29) is 16.9 Å². The highest BCUT2D eigenvalue weighted by molar-refractivity contribution is 6.33. The van der Waals surface area contributed by atoms with Gasteiger partial charge in [0.1, 0.15) is 5.82 Å². The first-order chi connectivity index (χ1) is 7.41. The third-order valence-electron chi connectivity index (χ3n) is 1.78. The van der Waals surface area contributed by atoms with E-state index in [0.717, 1.165) is 0 Å². The van der Waals surface area contributed by atoms with Gasteiger partial charge in [-0.1, -0.05) is 11.6 Å². The Kier molecular flexibility index (Phi) is 3.68. The number of hydrogen-bond donors (Lipinski definition) is 3. The number of guanidine groups is 2. The largest absolute Gasteiger partial charge is 0.370 e. The zero-order valence-electron chi connectivity index (χ0n) is 8.54. The summed E-state index contributed by atoms with van der Waals surface area (Å²) in [6, 6.07) is 2.63. The van der Waals surface area contributed by atoms with Gasteiger partial charge in [0.2, 0.25) is 5.96 Å². The minimum absolute atomic E-state index is 0.145. The molecule has 0 aliphatic carbocycles. The zero-order valence-corrected chi connectivity index (χ0v) is 9.29. The summed E-state index contributed by atoms with van der Waals surface area (Å²) in [5, 5.41) is 0.175. The lowest BCUT2D eigenvalue weighted by atomic mass is 10.2. The Morgan fingerprint density at radius 2 is 1.94 bits per heavy atom. The average molecular weight is 244 g/mol. The van der Waals surface area contributed by atoms with Gasteiger partial charge >= 0.3 is 0 Å². The molecule has 16 heavy (non-hydrogen) atoms. The van der Waals surface area contributed by atoms with Crippen LogP contribution in [-0.4, -0.2) is 11.9 Å². The van der Waals surface area contributed by atoms with Crippen LogP contribution in [0.4, 0.5) is 10.1 Å². The smallest absolute Gasteiger partial charge is 0.223 e. The summed E-state index contributed by atoms with van der Waals surface area (Å²) in [7, 11) is 0. The van der Waals surface area contributed by atoms with Gasteiger partial charge in [-0.05, 0) is 19.1 Å². The maximum absolute atomic E-state index is 13.1. The molecule has 1 aromatic rings. The molecule has 0 bridgehead atoms. The highest BCUT2D eigenvalue weighted by atomic mass is 35.5. The topological polar surface area (TPSA) is 103 Å². The molecule has 0 spiro atoms. The number of aliphatic imine (C=N–C) groups is 2. The Labute approximate surface area is 96.8 Å². The van der Waals surface area contributed by atoms with Crippen molar-refractivity contribution in [3.8, 4) is 0 Å². The van der Waals surface area contributed by atoms with Crippen LogP contribution >= 0.6 is 11.6 Å². The monoisotopic (exact) mass is 243 g/mol. The predicted molar refractivity (Wildman–Crippen MR) is 63.2 cm³/mol. The van der Waals surface area contributed by atoms with Crippen LogP contribution in [0.25, 0.3) is 0 Å². The Hall–Kier alpha value is -1.82. The van der Waals surface area contributed by atoms with Crippen LogP contribution in [0.5, 0.6) is 0 Å². The molecule has 5 nitrogen and oxygen atoms in total. The van der Waals surface area contributed by atoms with Crippen LogP contribution in [-0.2, 0) is 0 Å². The van der Waals surface area contributed by atoms with Crippen LogP contribution < -0.4 is 17.2 Å². The van der Waals surface area contributed by atoms with Crippen LogP contribution in [0.15, 0.2) is 22.1 Å². The SMILES string of the molecule is Cc1c(F)ccc(N=C(N)N=C(N)N)c1Cl. The van der Waals surface area contributed by atoms with E-state index in [4.69, 9.17) is 28.8 Å². The molecule has 6 N–H and O–H groups in total. The minimum Gasteiger partial charge on any atom is -0.370 e. The molecule has 0 atom stereocenters. The fourth-order valence-corrected chi connectivity index (χ4v) is 1.21. The van der Waals surface area contributed by atoms with Gasteiger partial charge in [-0.3, -0.25) is 0 Å². The first kappa shape index (κ1) is 12.3. The summed E-state index contributed by atoms with van der Waals surface area (Å²) >= 11 is 5.87. The first-order valence-electron chi connectivity index (χ1n) is 4.30. The van der Waals surface area contributed by atoms with Crippen molar-refractivity contribution in [2.45, 2.75) is 6.92 Å². The number of halogens is 2. The third kappa shape index (κ3) is 2.83. The van der Waals surface area contributed by atoms with Crippen molar-refractivity contribution in [3.05, 3.63) is 28.5 Å². The normalized spacial score (nSPS) is 11.3. The van der Waals surface area contributed by atoms with Gasteiger partial charge in [0.25, 0.3) is 0 Å². The highest BCUT2D eigenvalue weighted by Crippen LogP contribution is 2.29. The van der Waals surface area contributed by atoms with E-state index in [1.807, 2.05) is 0 Å². The minimum atomic E-state index is -0.413. The van der Waals surface area contributed by atoms with E-state index in [1.54, 1.807) is 0 Å². The van der Waals surface area contributed by atoms with E-state index >= 15 is 0 Å². The summed E-state index contributed by atoms with van der Waals surface area (Å²) in [4.78, 5) is 7.36. The Morgan fingerprint density at radius 1 is 1.31 bits per heavy atom. The molecular formula is C9H11ClFN5. The Bertz CT molecular complexity index is 465. The van der Waals surface area contributed by atoms with Crippen molar-refractivity contribution in [3.63, 3.8) is 0 Å². The predicted octanol–water partition coefficient (Wildman–Crippen LogP) is 1.01. The molecule has 1 aromatic carbocycles. The van der Waals surface area contributed by atoms with Crippen molar-refractivity contribution >= 4 is 29.2 Å². The summed E-state index contributed by atoms with van der Waals surface area (Å²) < 4.78 is 13.1. The van der Waals surface area contributed by atoms with Gasteiger partial charge in [0, 0.05) is 5.56 Å². The van der Waals surface area contributed by atoms with Crippen molar-refractivity contribution in [1.82, 2.24) is 0 Å². The van der Waals surface area contributed by atoms with Crippen LogP contribution in [0.1, 0.15) is 5.56 Å². The highest BCUT2D eigenvalue weighted by Gasteiger charge is 2.07. The fraction of sp³-hybridized carbons (Fsp3) is 0.111. The van der Waals surface area contributed by atoms with Crippen molar-refractivity contribution < 1.29 is 4.39 Å². The van der Waals surface area contributed by atoms with Gasteiger partial charge in [-0.2, -0.15) is 4.99 Å². The molecule has 0 aliphatic rings. The van der Waals surface area contributed by atoms with Crippen molar-refractivity contribution in [2.24, 2.45) is 27.2 Å². The molecule has 0 saturated carbocycles. The van der Waals surface area contributed by atoms with Gasteiger partial charge in [-0.25, -0.2) is 9.38 Å². The summed E-state index contributed by atoms with van der Waals surface area (Å²) in [5.41, 5.74) is 16.2. The Morgan fingerprint density at radius 3 is 2.50 bits per heavy atom. The summed E-state index contributed by atoms with van der Waals surface area (Å²) in [5.74, 6) is -0.770. The molecule has 0 radical (unpaired) electrons. The molecule has 0 heterocycles. The van der Waals surface area contributed by atoms with Crippen LogP contribution in [0.3, 0.4) is 0 Å². The molecule has 0 aromatic heterocycles. The standard InChI is InChI=1S/C9H11ClFN5/c1-4-5(11)2-3-6(7(4)10)15-9(14)16-8(12)13/h2-3H,1H3,(H6,12,13,14,15,16). The fourth-order valence-electron chi connectivity index (χ4n) is 1.01. The number of nitrogens with zero attached hydrogens (tertiary/aromatic N) is 2. The lowest BCUT2D eigenvalue weighted by Crippen LogP contribution is -2.26. The van der Waals surface area contributed by atoms with Gasteiger partial charge in [-0.15, -0.1) is 0 Å². The zero-order chi connectivity index (χ0) is 12.3. The summed E-state index contributed by atoms with van der Waals surface area (Å²) in [6.07, 6.45) is 0. The molecular weight excluding hydrogens is 233 g/mol. The van der Waals surface area contributed by atoms with Crippen LogP contribution in [0, 0.1) is 12.7 Å². The van der Waals surface area contributed by atoms with Gasteiger partial charge < -0.3 is 17.2 Å². The average Bonchev–Trinajstić information content (AvgIpc) is 2.18. The van der Waals surface area contributed by atoms with E-state index in [0.29, 0.717) is 11.3 Å². The first-order valence-corrected chi connectivity index (χ1v) is 4.68. The second-order valence-electron chi connectivity index (χ2n) is 3.01. The number of nitrogens with two attached hydrogens (primary N) is 3. The number of rotatable bonds is 1. The van der Waals surface area contributed by atoms with E-state index in [2.05, 4.69) is 9.98 Å². The number of hydrogen-bond acceptors (Lipinski definition) is 1. The van der Waals surface area contributed by atoms with E-state index in [1.165, 1.54) is 19.1 Å². The summed E-state index contributed by atoms with van der Waals surface area (Å²) in [6.45, 7) is 1.54. The van der Waals surface area contributed by atoms with Gasteiger partial charge in [0.05, 0.1) is 10.7 Å². The molecule has 0 saturated heterocycles. The Balaban J connectivity index is 3.17. The maximum atomic E-state index is 13.1. The maximum Gasteiger partial charge on any atom is 0.223 e. The van der Waals surface area contributed by atoms with Crippen LogP contribution in [0.2, 0.25) is 5.02 Å². The van der Waals surface area contributed by atoms with E-state index in [9.17, 15) is 4.39 Å². The van der Waals surface area contributed by atoms with Gasteiger partial charge in [0.15, 0.2) is 5.96 Å². The molecule has 0 amide bonds. The molecule has 0 fully saturated rings. The second kappa shape index (κ2) is 4.80.